The lowest BCUT2D eigenvalue weighted by molar-refractivity contribution is 0.756. The van der Waals surface area contributed by atoms with Crippen molar-refractivity contribution in [2.45, 2.75) is 10.8 Å². The highest BCUT2D eigenvalue weighted by Crippen LogP contribution is 2.67. The van der Waals surface area contributed by atoms with E-state index >= 15 is 0 Å². The molecule has 2 spiro atoms. The Morgan fingerprint density at radius 2 is 0.473 bits per heavy atom. The lowest BCUT2D eigenvalue weighted by Gasteiger charge is -2.44. The molecule has 2 nitrogen and oxygen atoms in total. The van der Waals surface area contributed by atoms with Crippen LogP contribution >= 0.6 is 0 Å². The lowest BCUT2D eigenvalue weighted by Crippen LogP contribution is -2.35. The third-order valence-corrected chi connectivity index (χ3v) is 17.9. The van der Waals surface area contributed by atoms with Gasteiger partial charge in [-0.15, -0.1) is 0 Å². The number of aromatic nitrogens is 2. The number of fused-ring (bicyclic) bond motifs is 24. The number of hydrogen-bond donors (Lipinski definition) is 0. The summed E-state index contributed by atoms with van der Waals surface area (Å²) in [7, 11) is 0. The Morgan fingerprint density at radius 1 is 0.203 bits per heavy atom. The highest BCUT2D eigenvalue weighted by molar-refractivity contribution is 6.17. The topological polar surface area (TPSA) is 9.86 Å². The largest absolute Gasteiger partial charge is 0.309 e. The molecule has 340 valence electrons. The molecule has 0 fully saturated rings. The number of nitrogens with zero attached hydrogens (tertiary/aromatic N) is 2. The van der Waals surface area contributed by atoms with Gasteiger partial charge < -0.3 is 9.13 Å². The van der Waals surface area contributed by atoms with Gasteiger partial charge in [0.05, 0.1) is 32.9 Å². The summed E-state index contributed by atoms with van der Waals surface area (Å²) in [5, 5.41) is 7.77. The maximum Gasteiger partial charge on any atom is 0.0726 e. The van der Waals surface area contributed by atoms with Crippen LogP contribution in [0.5, 0.6) is 0 Å². The van der Waals surface area contributed by atoms with Crippen LogP contribution in [0, 0.1) is 0 Å². The van der Waals surface area contributed by atoms with Gasteiger partial charge in [-0.2, -0.15) is 0 Å². The molecule has 4 aliphatic carbocycles. The van der Waals surface area contributed by atoms with Crippen molar-refractivity contribution in [2.75, 3.05) is 0 Å². The molecule has 2 heterocycles. The summed E-state index contributed by atoms with van der Waals surface area (Å²) in [6.07, 6.45) is 0. The van der Waals surface area contributed by atoms with Gasteiger partial charge in [-0.3, -0.25) is 0 Å². The molecule has 0 bridgehead atoms. The van der Waals surface area contributed by atoms with Crippen molar-refractivity contribution in [3.63, 3.8) is 0 Å². The van der Waals surface area contributed by atoms with E-state index in [-0.39, 0.29) is 0 Å². The SMILES string of the molecule is c1ccc2c(c1)-c1ccccc1C21c2cc(-n3c4ccccc4c4ccccc43)ccc2-c2ccc3c4c(ccc1c24)C1(c2ccccc2-c2ccccc21)c1cc(-n2c4ccccc4c4ccccc42)ccc1-3. The van der Waals surface area contributed by atoms with E-state index in [9.17, 15) is 0 Å². The minimum Gasteiger partial charge on any atom is -0.309 e. The smallest absolute Gasteiger partial charge is 0.0726 e. The quantitative estimate of drug-likeness (QED) is 0.163. The molecule has 2 heteroatoms. The van der Waals surface area contributed by atoms with Gasteiger partial charge in [-0.25, -0.2) is 0 Å². The van der Waals surface area contributed by atoms with Crippen molar-refractivity contribution in [3.8, 4) is 55.9 Å². The van der Waals surface area contributed by atoms with Gasteiger partial charge in [0.2, 0.25) is 0 Å². The summed E-state index contributed by atoms with van der Waals surface area (Å²) >= 11 is 0. The molecule has 0 saturated heterocycles. The molecule has 0 amide bonds. The predicted octanol–water partition coefficient (Wildman–Crippen LogP) is 17.7. The number of para-hydroxylation sites is 4. The zero-order valence-electron chi connectivity index (χ0n) is 40.1. The van der Waals surface area contributed by atoms with E-state index in [1.54, 1.807) is 0 Å². The highest BCUT2D eigenvalue weighted by Gasteiger charge is 2.54. The van der Waals surface area contributed by atoms with Crippen LogP contribution in [0.25, 0.3) is 110 Å². The first-order valence-electron chi connectivity index (χ1n) is 26.0. The van der Waals surface area contributed by atoms with E-state index in [4.69, 9.17) is 0 Å². The van der Waals surface area contributed by atoms with E-state index in [1.165, 1.54) is 155 Å². The molecule has 0 saturated carbocycles. The molecule has 0 radical (unpaired) electrons. The van der Waals surface area contributed by atoms with Crippen LogP contribution < -0.4 is 0 Å². The Hall–Kier alpha value is -9.50. The fraction of sp³-hybridized carbons (Fsp3) is 0.0278. The normalized spacial score (nSPS) is 14.4. The molecule has 0 aliphatic heterocycles. The number of benzene rings is 12. The Morgan fingerprint density at radius 3 is 0.811 bits per heavy atom. The second-order valence-corrected chi connectivity index (χ2v) is 21.0. The van der Waals surface area contributed by atoms with Crippen molar-refractivity contribution >= 4 is 54.4 Å². The van der Waals surface area contributed by atoms with Gasteiger partial charge >= 0.3 is 0 Å². The summed E-state index contributed by atoms with van der Waals surface area (Å²) in [5.74, 6) is 0. The van der Waals surface area contributed by atoms with Crippen molar-refractivity contribution in [3.05, 3.63) is 299 Å². The maximum absolute atomic E-state index is 2.56. The van der Waals surface area contributed by atoms with Crippen LogP contribution in [0.3, 0.4) is 0 Å². The van der Waals surface area contributed by atoms with Crippen LogP contribution in [0.4, 0.5) is 0 Å². The second-order valence-electron chi connectivity index (χ2n) is 21.0. The second kappa shape index (κ2) is 13.7. The van der Waals surface area contributed by atoms with Crippen molar-refractivity contribution in [1.82, 2.24) is 9.13 Å². The standard InChI is InChI=1S/C72H42N2/c1-9-25-57-45(17-1)46-18-2-10-26-58(46)71(57)61-39-40-62-70-56(38-37-55(69(61)70)49-35-33-43(41-63(49)71)73-65-29-13-5-21-51(65)52-22-6-14-30-66(52)73)50-36-34-44(74-67-31-15-7-23-53(67)54-24-8-16-32-68(54)74)42-64(50)72(62)59-27-11-3-19-47(59)48-20-4-12-28-60(48)72/h1-42H. The van der Waals surface area contributed by atoms with E-state index in [0.29, 0.717) is 0 Å². The molecule has 12 aromatic carbocycles. The fourth-order valence-electron chi connectivity index (χ4n) is 15.3. The Bertz CT molecular complexity index is 4360. The maximum atomic E-state index is 2.56. The highest BCUT2D eigenvalue weighted by atomic mass is 15.0. The zero-order chi connectivity index (χ0) is 48.0. The lowest BCUT2D eigenvalue weighted by atomic mass is 9.57. The van der Waals surface area contributed by atoms with Gasteiger partial charge in [0.15, 0.2) is 0 Å². The fourth-order valence-corrected chi connectivity index (χ4v) is 15.3. The summed E-state index contributed by atoms with van der Waals surface area (Å²) < 4.78 is 4.98. The number of rotatable bonds is 2. The monoisotopic (exact) mass is 934 g/mol. The molecular formula is C72H42N2. The Labute approximate surface area is 427 Å². The van der Waals surface area contributed by atoms with Gasteiger partial charge in [-0.1, -0.05) is 206 Å². The first-order valence-corrected chi connectivity index (χ1v) is 26.0. The van der Waals surface area contributed by atoms with Gasteiger partial charge in [0, 0.05) is 32.9 Å². The molecule has 0 atom stereocenters. The van der Waals surface area contributed by atoms with Gasteiger partial charge in [0.1, 0.15) is 0 Å². The van der Waals surface area contributed by atoms with E-state index in [1.807, 2.05) is 0 Å². The minimum absolute atomic E-state index is 0.610. The predicted molar refractivity (Wildman–Crippen MR) is 305 cm³/mol. The molecule has 4 aliphatic rings. The molecule has 74 heavy (non-hydrogen) atoms. The average Bonchev–Trinajstić information content (AvgIpc) is 4.33. The molecule has 0 unspecified atom stereocenters. The first-order chi connectivity index (χ1) is 36.7. The van der Waals surface area contributed by atoms with Crippen LogP contribution in [0.15, 0.2) is 255 Å². The summed E-state index contributed by atoms with van der Waals surface area (Å²) in [4.78, 5) is 0. The van der Waals surface area contributed by atoms with E-state index in [0.717, 1.165) is 0 Å². The van der Waals surface area contributed by atoms with Crippen molar-refractivity contribution < 1.29 is 0 Å². The Balaban J connectivity index is 0.998. The Kier molecular flexibility index (Phi) is 7.26. The van der Waals surface area contributed by atoms with Crippen LogP contribution in [-0.2, 0) is 10.8 Å². The molecule has 18 rings (SSSR count). The van der Waals surface area contributed by atoms with Crippen LogP contribution in [-0.4, -0.2) is 9.13 Å². The molecule has 2 aromatic heterocycles. The van der Waals surface area contributed by atoms with Crippen LogP contribution in [0.1, 0.15) is 44.5 Å². The zero-order valence-corrected chi connectivity index (χ0v) is 40.1. The summed E-state index contributed by atoms with van der Waals surface area (Å²) in [6, 6.07) is 97.4. The molecular weight excluding hydrogens is 893 g/mol. The third-order valence-electron chi connectivity index (χ3n) is 17.9. The first kappa shape index (κ1) is 39.2. The molecule has 14 aromatic rings. The van der Waals surface area contributed by atoms with E-state index in [2.05, 4.69) is 264 Å². The van der Waals surface area contributed by atoms with E-state index < -0.39 is 10.8 Å². The third kappa shape index (κ3) is 4.45. The average molecular weight is 935 g/mol. The van der Waals surface area contributed by atoms with Crippen molar-refractivity contribution in [1.29, 1.82) is 0 Å². The van der Waals surface area contributed by atoms with Gasteiger partial charge in [0.25, 0.3) is 0 Å². The van der Waals surface area contributed by atoms with Crippen molar-refractivity contribution in [2.24, 2.45) is 0 Å². The summed E-state index contributed by atoms with van der Waals surface area (Å²) in [6.45, 7) is 0. The number of hydrogen-bond acceptors (Lipinski definition) is 0. The van der Waals surface area contributed by atoms with Gasteiger partial charge in [-0.05, 0) is 148 Å². The molecule has 0 N–H and O–H groups in total. The van der Waals surface area contributed by atoms with Crippen LogP contribution in [0.2, 0.25) is 0 Å². The summed E-state index contributed by atoms with van der Waals surface area (Å²) in [5.41, 5.74) is 27.0. The minimum atomic E-state index is -0.610.